The molecule has 3 N–H and O–H groups in total. The van der Waals surface area contributed by atoms with Crippen molar-refractivity contribution in [1.82, 2.24) is 4.98 Å². The second-order valence-corrected chi connectivity index (χ2v) is 7.76. The molecule has 2 heterocycles. The molecular formula is C23H26N3O2+. The van der Waals surface area contributed by atoms with E-state index in [1.54, 1.807) is 0 Å². The molecule has 4 rings (SSSR count). The molecule has 0 radical (unpaired) electrons. The average Bonchev–Trinajstić information content (AvgIpc) is 3.23. The fourth-order valence-corrected chi connectivity index (χ4v) is 3.90. The summed E-state index contributed by atoms with van der Waals surface area (Å²) in [5, 5.41) is 3.22. The van der Waals surface area contributed by atoms with Crippen LogP contribution in [0.2, 0.25) is 0 Å². The maximum atomic E-state index is 12.8. The number of carbonyl (C=O) groups excluding carboxylic acids is 2. The van der Waals surface area contributed by atoms with Crippen LogP contribution in [0.15, 0.2) is 54.7 Å². The molecule has 0 aliphatic carbocycles. The van der Waals surface area contributed by atoms with Gasteiger partial charge in [0.05, 0.1) is 18.7 Å². The number of nitrogens with two attached hydrogens (primary N) is 1. The number of anilines is 1. The lowest BCUT2D eigenvalue weighted by Gasteiger charge is -2.15. The van der Waals surface area contributed by atoms with Gasteiger partial charge in [0.1, 0.15) is 0 Å². The van der Waals surface area contributed by atoms with Crippen molar-refractivity contribution in [2.75, 3.05) is 11.4 Å². The molecule has 0 unspecified atom stereocenters. The Morgan fingerprint density at radius 2 is 1.86 bits per heavy atom. The third-order valence-electron chi connectivity index (χ3n) is 5.54. The smallest absolute Gasteiger partial charge is 0.292 e. The molecule has 1 aromatic heterocycles. The lowest BCUT2D eigenvalue weighted by Crippen LogP contribution is -2.92. The SMILES string of the molecule is CC(C)c1ccc(N2C(=O)C[C@@H]([NH2+]CCc3c[nH]c4ccccc34)C2=O)cc1. The topological polar surface area (TPSA) is 69.8 Å². The van der Waals surface area contributed by atoms with E-state index in [-0.39, 0.29) is 24.3 Å². The minimum absolute atomic E-state index is 0.110. The van der Waals surface area contributed by atoms with Gasteiger partial charge >= 0.3 is 0 Å². The van der Waals surface area contributed by atoms with Crippen molar-refractivity contribution in [3.63, 3.8) is 0 Å². The van der Waals surface area contributed by atoms with Gasteiger partial charge < -0.3 is 10.3 Å². The van der Waals surface area contributed by atoms with Crippen LogP contribution >= 0.6 is 0 Å². The number of nitrogens with zero attached hydrogens (tertiary/aromatic N) is 1. The molecule has 1 aliphatic heterocycles. The van der Waals surface area contributed by atoms with E-state index in [9.17, 15) is 9.59 Å². The summed E-state index contributed by atoms with van der Waals surface area (Å²) >= 11 is 0. The fraction of sp³-hybridized carbons (Fsp3) is 0.304. The van der Waals surface area contributed by atoms with Crippen molar-refractivity contribution in [3.8, 4) is 0 Å². The summed E-state index contributed by atoms with van der Waals surface area (Å²) in [4.78, 5) is 29.9. The number of H-pyrrole nitrogens is 1. The van der Waals surface area contributed by atoms with Crippen LogP contribution in [0.1, 0.15) is 37.3 Å². The number of hydrogen-bond acceptors (Lipinski definition) is 2. The number of para-hydroxylation sites is 1. The summed E-state index contributed by atoms with van der Waals surface area (Å²) in [7, 11) is 0. The summed E-state index contributed by atoms with van der Waals surface area (Å²) in [5.74, 6) is 0.196. The summed E-state index contributed by atoms with van der Waals surface area (Å²) in [6, 6.07) is 15.6. The lowest BCUT2D eigenvalue weighted by atomic mass is 10.0. The lowest BCUT2D eigenvalue weighted by molar-refractivity contribution is -0.674. The van der Waals surface area contributed by atoms with Crippen molar-refractivity contribution < 1.29 is 14.9 Å². The molecule has 1 saturated heterocycles. The number of fused-ring (bicyclic) bond motifs is 1. The van der Waals surface area contributed by atoms with E-state index < -0.39 is 0 Å². The minimum Gasteiger partial charge on any atom is -0.361 e. The zero-order valence-corrected chi connectivity index (χ0v) is 16.3. The Kier molecular flexibility index (Phi) is 5.01. The van der Waals surface area contributed by atoms with Crippen LogP contribution in [0.25, 0.3) is 10.9 Å². The molecule has 0 bridgehead atoms. The van der Waals surface area contributed by atoms with E-state index in [4.69, 9.17) is 0 Å². The summed E-state index contributed by atoms with van der Waals surface area (Å²) < 4.78 is 0. The van der Waals surface area contributed by atoms with Gasteiger partial charge in [-0.25, -0.2) is 4.90 Å². The van der Waals surface area contributed by atoms with Crippen molar-refractivity contribution in [2.45, 2.75) is 38.6 Å². The Labute approximate surface area is 164 Å². The van der Waals surface area contributed by atoms with E-state index in [0.29, 0.717) is 11.6 Å². The average molecular weight is 376 g/mol. The summed E-state index contributed by atoms with van der Waals surface area (Å²) in [6.07, 6.45) is 3.15. The standard InChI is InChI=1S/C23H25N3O2/c1-15(2)16-7-9-18(10-8-16)26-22(27)13-21(23(26)28)24-12-11-17-14-25-20-6-4-3-5-19(17)20/h3-10,14-15,21,24-25H,11-13H2,1-2H3/p+1/t21-/m1/s1. The number of hydrogen-bond donors (Lipinski definition) is 2. The maximum absolute atomic E-state index is 12.8. The Morgan fingerprint density at radius 3 is 2.61 bits per heavy atom. The Morgan fingerprint density at radius 1 is 1.11 bits per heavy atom. The predicted molar refractivity (Wildman–Crippen MR) is 110 cm³/mol. The third-order valence-corrected chi connectivity index (χ3v) is 5.54. The summed E-state index contributed by atoms with van der Waals surface area (Å²) in [6.45, 7) is 5.02. The van der Waals surface area contributed by atoms with Gasteiger partial charge in [-0.05, 0) is 35.2 Å². The van der Waals surface area contributed by atoms with Gasteiger partial charge in [-0.3, -0.25) is 9.59 Å². The highest BCUT2D eigenvalue weighted by molar-refractivity contribution is 6.21. The largest absolute Gasteiger partial charge is 0.361 e. The molecule has 0 saturated carbocycles. The Hall–Kier alpha value is -2.92. The number of carbonyl (C=O) groups is 2. The third kappa shape index (κ3) is 3.45. The van der Waals surface area contributed by atoms with Crippen LogP contribution < -0.4 is 10.2 Å². The molecule has 1 atom stereocenters. The maximum Gasteiger partial charge on any atom is 0.292 e. The fourth-order valence-electron chi connectivity index (χ4n) is 3.90. The van der Waals surface area contributed by atoms with Crippen LogP contribution in [0.3, 0.4) is 0 Å². The second-order valence-electron chi connectivity index (χ2n) is 7.76. The highest BCUT2D eigenvalue weighted by Crippen LogP contribution is 2.24. The van der Waals surface area contributed by atoms with Gasteiger partial charge in [-0.1, -0.05) is 44.2 Å². The van der Waals surface area contributed by atoms with Crippen molar-refractivity contribution in [2.24, 2.45) is 0 Å². The predicted octanol–water partition coefficient (Wildman–Crippen LogP) is 2.73. The zero-order chi connectivity index (χ0) is 19.7. The van der Waals surface area contributed by atoms with Crippen LogP contribution in [0.4, 0.5) is 5.69 Å². The minimum atomic E-state index is -0.331. The number of imide groups is 1. The monoisotopic (exact) mass is 376 g/mol. The molecule has 28 heavy (non-hydrogen) atoms. The highest BCUT2D eigenvalue weighted by atomic mass is 16.2. The molecule has 0 spiro atoms. The van der Waals surface area contributed by atoms with Crippen LogP contribution in [0.5, 0.6) is 0 Å². The quantitative estimate of drug-likeness (QED) is 0.650. The molecule has 1 aliphatic rings. The van der Waals surface area contributed by atoms with Crippen LogP contribution in [-0.2, 0) is 16.0 Å². The van der Waals surface area contributed by atoms with Gasteiger partial charge in [0.15, 0.2) is 6.04 Å². The number of nitrogens with one attached hydrogen (secondary N) is 1. The number of aromatic nitrogens is 1. The zero-order valence-electron chi connectivity index (χ0n) is 16.3. The first-order chi connectivity index (χ1) is 13.5. The first-order valence-electron chi connectivity index (χ1n) is 9.89. The highest BCUT2D eigenvalue weighted by Gasteiger charge is 2.42. The summed E-state index contributed by atoms with van der Waals surface area (Å²) in [5.41, 5.74) is 4.24. The molecular weight excluding hydrogens is 350 g/mol. The van der Waals surface area contributed by atoms with Crippen LogP contribution in [0, 0.1) is 0 Å². The molecule has 3 aromatic rings. The van der Waals surface area contributed by atoms with Crippen molar-refractivity contribution in [3.05, 3.63) is 65.9 Å². The van der Waals surface area contributed by atoms with Crippen LogP contribution in [-0.4, -0.2) is 29.4 Å². The molecule has 1 fully saturated rings. The van der Waals surface area contributed by atoms with Gasteiger partial charge in [-0.15, -0.1) is 0 Å². The first kappa shape index (κ1) is 18.4. The first-order valence-corrected chi connectivity index (χ1v) is 9.89. The number of benzene rings is 2. The second kappa shape index (κ2) is 7.60. The Bertz CT molecular complexity index is 1000. The van der Waals surface area contributed by atoms with Gasteiger partial charge in [0.2, 0.25) is 5.91 Å². The number of amides is 2. The van der Waals surface area contributed by atoms with E-state index >= 15 is 0 Å². The van der Waals surface area contributed by atoms with Gasteiger partial charge in [0.25, 0.3) is 5.91 Å². The van der Waals surface area contributed by atoms with Gasteiger partial charge in [-0.2, -0.15) is 0 Å². The molecule has 2 amide bonds. The van der Waals surface area contributed by atoms with E-state index in [1.807, 2.05) is 47.9 Å². The van der Waals surface area contributed by atoms with E-state index in [1.165, 1.54) is 21.4 Å². The Balaban J connectivity index is 1.40. The normalized spacial score (nSPS) is 17.2. The molecule has 2 aromatic carbocycles. The number of quaternary nitrogens is 1. The molecule has 5 nitrogen and oxygen atoms in total. The number of aromatic amines is 1. The molecule has 5 heteroatoms. The number of rotatable bonds is 6. The van der Waals surface area contributed by atoms with Crippen molar-refractivity contribution >= 4 is 28.4 Å². The molecule has 144 valence electrons. The van der Waals surface area contributed by atoms with E-state index in [2.05, 4.69) is 31.0 Å². The van der Waals surface area contributed by atoms with Gasteiger partial charge in [0, 0.05) is 23.5 Å². The van der Waals surface area contributed by atoms with Crippen molar-refractivity contribution in [1.29, 1.82) is 0 Å². The van der Waals surface area contributed by atoms with E-state index in [0.717, 1.165) is 18.5 Å².